The minimum absolute atomic E-state index is 0.0189. The first-order valence-corrected chi connectivity index (χ1v) is 8.79. The maximum atomic E-state index is 12.1. The molecule has 1 N–H and O–H groups in total. The normalized spacial score (nSPS) is 14.1. The Morgan fingerprint density at radius 2 is 2.12 bits per heavy atom. The molecule has 2 amide bonds. The van der Waals surface area contributed by atoms with Gasteiger partial charge in [0.05, 0.1) is 17.9 Å². The first kappa shape index (κ1) is 16.5. The third kappa shape index (κ3) is 3.76. The number of likely N-dealkylation sites (tertiary alicyclic amines) is 1. The van der Waals surface area contributed by atoms with E-state index in [0.717, 1.165) is 22.6 Å². The van der Waals surface area contributed by atoms with Gasteiger partial charge in [0.2, 0.25) is 5.91 Å². The molecule has 0 aliphatic carbocycles. The Bertz CT molecular complexity index is 709. The fourth-order valence-corrected chi connectivity index (χ4v) is 3.36. The van der Waals surface area contributed by atoms with Crippen molar-refractivity contribution in [3.8, 4) is 5.75 Å². The van der Waals surface area contributed by atoms with Gasteiger partial charge in [-0.1, -0.05) is 18.2 Å². The summed E-state index contributed by atoms with van der Waals surface area (Å²) >= 11 is 1.43. The lowest BCUT2D eigenvalue weighted by Crippen LogP contribution is -2.55. The summed E-state index contributed by atoms with van der Waals surface area (Å²) in [7, 11) is 1.64. The SMILES string of the molecule is COc1cccc(CCNC(=O)C2CN(C(=O)c3cccs3)C2)c1. The highest BCUT2D eigenvalue weighted by atomic mass is 32.1. The van der Waals surface area contributed by atoms with Crippen molar-refractivity contribution in [3.63, 3.8) is 0 Å². The molecule has 5 nitrogen and oxygen atoms in total. The van der Waals surface area contributed by atoms with Crippen LogP contribution in [0.25, 0.3) is 0 Å². The van der Waals surface area contributed by atoms with Gasteiger partial charge >= 0.3 is 0 Å². The molecule has 0 spiro atoms. The van der Waals surface area contributed by atoms with Gasteiger partial charge in [-0.05, 0) is 35.6 Å². The number of hydrogen-bond acceptors (Lipinski definition) is 4. The minimum Gasteiger partial charge on any atom is -0.497 e. The van der Waals surface area contributed by atoms with Crippen molar-refractivity contribution in [2.75, 3.05) is 26.7 Å². The Morgan fingerprint density at radius 1 is 1.29 bits per heavy atom. The van der Waals surface area contributed by atoms with Gasteiger partial charge < -0.3 is 15.0 Å². The van der Waals surface area contributed by atoms with E-state index in [2.05, 4.69) is 5.32 Å². The molecule has 0 bridgehead atoms. The Morgan fingerprint density at radius 3 is 2.83 bits per heavy atom. The molecule has 1 saturated heterocycles. The molecule has 2 heterocycles. The summed E-state index contributed by atoms with van der Waals surface area (Å²) in [5.74, 6) is 0.762. The zero-order valence-electron chi connectivity index (χ0n) is 13.5. The largest absolute Gasteiger partial charge is 0.497 e. The van der Waals surface area contributed by atoms with E-state index in [9.17, 15) is 9.59 Å². The fourth-order valence-electron chi connectivity index (χ4n) is 2.67. The molecule has 0 saturated carbocycles. The summed E-state index contributed by atoms with van der Waals surface area (Å²) in [5.41, 5.74) is 1.12. The van der Waals surface area contributed by atoms with Crippen molar-refractivity contribution in [1.82, 2.24) is 10.2 Å². The molecule has 1 aromatic carbocycles. The Hall–Kier alpha value is -2.34. The van der Waals surface area contributed by atoms with Gasteiger partial charge in [-0.3, -0.25) is 9.59 Å². The van der Waals surface area contributed by atoms with E-state index in [0.29, 0.717) is 19.6 Å². The van der Waals surface area contributed by atoms with Crippen LogP contribution < -0.4 is 10.1 Å². The van der Waals surface area contributed by atoms with E-state index in [4.69, 9.17) is 4.74 Å². The molecule has 0 radical (unpaired) electrons. The highest BCUT2D eigenvalue weighted by molar-refractivity contribution is 7.12. The van der Waals surface area contributed by atoms with Gasteiger partial charge in [0.15, 0.2) is 0 Å². The summed E-state index contributed by atoms with van der Waals surface area (Å²) in [6.45, 7) is 1.59. The van der Waals surface area contributed by atoms with Crippen LogP contribution in [0.1, 0.15) is 15.2 Å². The second kappa shape index (κ2) is 7.49. The molecule has 1 aliphatic heterocycles. The van der Waals surface area contributed by atoms with Crippen LogP contribution in [0.4, 0.5) is 0 Å². The van der Waals surface area contributed by atoms with Crippen LogP contribution >= 0.6 is 11.3 Å². The zero-order valence-corrected chi connectivity index (χ0v) is 14.3. The van der Waals surface area contributed by atoms with Crippen molar-refractivity contribution in [2.24, 2.45) is 5.92 Å². The second-order valence-electron chi connectivity index (χ2n) is 5.78. The van der Waals surface area contributed by atoms with Gasteiger partial charge in [0, 0.05) is 19.6 Å². The summed E-state index contributed by atoms with van der Waals surface area (Å²) in [6.07, 6.45) is 0.757. The van der Waals surface area contributed by atoms with E-state index in [1.165, 1.54) is 11.3 Å². The van der Waals surface area contributed by atoms with Crippen LogP contribution in [-0.2, 0) is 11.2 Å². The van der Waals surface area contributed by atoms with Gasteiger partial charge in [-0.2, -0.15) is 0 Å². The number of nitrogens with one attached hydrogen (secondary N) is 1. The standard InChI is InChI=1S/C18H20N2O3S/c1-23-15-5-2-4-13(10-15)7-8-19-17(21)14-11-20(12-14)18(22)16-6-3-9-24-16/h2-6,9-10,14H,7-8,11-12H2,1H3,(H,19,21). The molecule has 126 valence electrons. The Kier molecular flexibility index (Phi) is 5.15. The van der Waals surface area contributed by atoms with Crippen LogP contribution in [0.2, 0.25) is 0 Å². The predicted molar refractivity (Wildman–Crippen MR) is 93.4 cm³/mol. The van der Waals surface area contributed by atoms with Crippen molar-refractivity contribution in [2.45, 2.75) is 6.42 Å². The van der Waals surface area contributed by atoms with E-state index in [1.54, 1.807) is 12.0 Å². The second-order valence-corrected chi connectivity index (χ2v) is 6.72. The number of methoxy groups -OCH3 is 1. The van der Waals surface area contributed by atoms with Gasteiger partial charge in [0.25, 0.3) is 5.91 Å². The highest BCUT2D eigenvalue weighted by Gasteiger charge is 2.36. The average molecular weight is 344 g/mol. The van der Waals surface area contributed by atoms with Crippen molar-refractivity contribution in [3.05, 3.63) is 52.2 Å². The maximum Gasteiger partial charge on any atom is 0.263 e. The molecular formula is C18H20N2O3S. The summed E-state index contributed by atoms with van der Waals surface area (Å²) < 4.78 is 5.19. The number of benzene rings is 1. The predicted octanol–water partition coefficient (Wildman–Crippen LogP) is 2.19. The lowest BCUT2D eigenvalue weighted by atomic mass is 9.98. The molecule has 2 aromatic rings. The van der Waals surface area contributed by atoms with Crippen LogP contribution in [0, 0.1) is 5.92 Å². The lowest BCUT2D eigenvalue weighted by molar-refractivity contribution is -0.128. The van der Waals surface area contributed by atoms with E-state index < -0.39 is 0 Å². The molecule has 24 heavy (non-hydrogen) atoms. The summed E-state index contributed by atoms with van der Waals surface area (Å²) in [6, 6.07) is 11.5. The number of thiophene rings is 1. The van der Waals surface area contributed by atoms with E-state index >= 15 is 0 Å². The van der Waals surface area contributed by atoms with Crippen molar-refractivity contribution >= 4 is 23.2 Å². The molecule has 3 rings (SSSR count). The molecule has 1 aromatic heterocycles. The monoisotopic (exact) mass is 344 g/mol. The lowest BCUT2D eigenvalue weighted by Gasteiger charge is -2.37. The summed E-state index contributed by atoms with van der Waals surface area (Å²) in [4.78, 5) is 26.7. The third-order valence-corrected chi connectivity index (χ3v) is 4.98. The van der Waals surface area contributed by atoms with Crippen molar-refractivity contribution in [1.29, 1.82) is 0 Å². The highest BCUT2D eigenvalue weighted by Crippen LogP contribution is 2.21. The number of amides is 2. The van der Waals surface area contributed by atoms with Gasteiger partial charge in [-0.15, -0.1) is 11.3 Å². The molecular weight excluding hydrogens is 324 g/mol. The zero-order chi connectivity index (χ0) is 16.9. The van der Waals surface area contributed by atoms with Crippen LogP contribution in [0.3, 0.4) is 0 Å². The van der Waals surface area contributed by atoms with Gasteiger partial charge in [-0.25, -0.2) is 0 Å². The summed E-state index contributed by atoms with van der Waals surface area (Å²) in [5, 5.41) is 4.83. The van der Waals surface area contributed by atoms with Crippen LogP contribution in [0.15, 0.2) is 41.8 Å². The van der Waals surface area contributed by atoms with E-state index in [1.807, 2.05) is 41.8 Å². The number of carbonyl (C=O) groups is 2. The molecule has 0 unspecified atom stereocenters. The number of rotatable bonds is 6. The Balaban J connectivity index is 1.40. The number of nitrogens with zero attached hydrogens (tertiary/aromatic N) is 1. The average Bonchev–Trinajstić information content (AvgIpc) is 3.08. The van der Waals surface area contributed by atoms with Crippen molar-refractivity contribution < 1.29 is 14.3 Å². The van der Waals surface area contributed by atoms with E-state index in [-0.39, 0.29) is 17.7 Å². The first-order chi connectivity index (χ1) is 11.7. The molecule has 1 fully saturated rings. The van der Waals surface area contributed by atoms with Crippen LogP contribution in [-0.4, -0.2) is 43.5 Å². The van der Waals surface area contributed by atoms with Gasteiger partial charge in [0.1, 0.15) is 5.75 Å². The smallest absolute Gasteiger partial charge is 0.263 e. The first-order valence-electron chi connectivity index (χ1n) is 7.91. The maximum absolute atomic E-state index is 12.1. The topological polar surface area (TPSA) is 58.6 Å². The number of carbonyl (C=O) groups excluding carboxylic acids is 2. The third-order valence-electron chi connectivity index (χ3n) is 4.12. The Labute approximate surface area is 145 Å². The fraction of sp³-hybridized carbons (Fsp3) is 0.333. The number of ether oxygens (including phenoxy) is 1. The minimum atomic E-state index is -0.0979. The quantitative estimate of drug-likeness (QED) is 0.874. The molecule has 1 aliphatic rings. The van der Waals surface area contributed by atoms with Crippen LogP contribution in [0.5, 0.6) is 5.75 Å². The molecule has 6 heteroatoms. The molecule has 0 atom stereocenters. The number of hydrogen-bond donors (Lipinski definition) is 1.